The predicted molar refractivity (Wildman–Crippen MR) is 65.5 cm³/mol. The van der Waals surface area contributed by atoms with Crippen LogP contribution in [0.1, 0.15) is 28.0 Å². The number of carbonyl (C=O) groups is 2. The first-order chi connectivity index (χ1) is 9.08. The third-order valence-corrected chi connectivity index (χ3v) is 2.47. The van der Waals surface area contributed by atoms with Crippen molar-refractivity contribution in [1.82, 2.24) is 10.3 Å². The van der Waals surface area contributed by atoms with E-state index in [1.807, 2.05) is 0 Å². The van der Waals surface area contributed by atoms with Crippen molar-refractivity contribution in [3.05, 3.63) is 53.7 Å². The highest BCUT2D eigenvalue weighted by Crippen LogP contribution is 2.13. The normalized spacial score (nSPS) is 11.8. The summed E-state index contributed by atoms with van der Waals surface area (Å²) >= 11 is 0. The number of carbonyl (C=O) groups excluding carboxylic acids is 1. The van der Waals surface area contributed by atoms with Crippen LogP contribution in [0.4, 0.5) is 0 Å². The number of oxazole rings is 1. The number of aliphatic carboxylic acids is 1. The first-order valence-electron chi connectivity index (χ1n) is 5.58. The summed E-state index contributed by atoms with van der Waals surface area (Å²) < 4.78 is 4.93. The van der Waals surface area contributed by atoms with Gasteiger partial charge in [0.05, 0.1) is 5.69 Å². The van der Waals surface area contributed by atoms with Gasteiger partial charge in [0.2, 0.25) is 0 Å². The molecule has 1 amide bonds. The molecule has 0 fully saturated rings. The van der Waals surface area contributed by atoms with E-state index in [1.165, 1.54) is 6.26 Å². The lowest BCUT2D eigenvalue weighted by atomic mass is 10.1. The number of hydrogen-bond acceptors (Lipinski definition) is 4. The molecule has 0 aliphatic rings. The Morgan fingerprint density at radius 2 is 2.00 bits per heavy atom. The summed E-state index contributed by atoms with van der Waals surface area (Å²) in [5, 5.41) is 11.5. The first kappa shape index (κ1) is 12.8. The number of aryl methyl sites for hydroxylation is 1. The molecule has 2 aromatic rings. The quantitative estimate of drug-likeness (QED) is 0.869. The van der Waals surface area contributed by atoms with E-state index in [1.54, 1.807) is 37.3 Å². The van der Waals surface area contributed by atoms with Crippen molar-refractivity contribution >= 4 is 11.9 Å². The van der Waals surface area contributed by atoms with Gasteiger partial charge in [0.1, 0.15) is 6.26 Å². The van der Waals surface area contributed by atoms with Crippen molar-refractivity contribution in [1.29, 1.82) is 0 Å². The van der Waals surface area contributed by atoms with Crippen LogP contribution in [0.25, 0.3) is 0 Å². The fourth-order valence-electron chi connectivity index (χ4n) is 1.58. The fourth-order valence-corrected chi connectivity index (χ4v) is 1.58. The van der Waals surface area contributed by atoms with E-state index in [-0.39, 0.29) is 5.89 Å². The van der Waals surface area contributed by atoms with Gasteiger partial charge in [-0.15, -0.1) is 0 Å². The van der Waals surface area contributed by atoms with Gasteiger partial charge in [0.25, 0.3) is 5.89 Å². The standard InChI is InChI=1S/C13H12N2O4/c1-8-7-19-12(14-8)11(16)15-10(13(17)18)9-5-3-2-4-6-9/h2-7,10H,1H3,(H,15,16)(H,17,18). The van der Waals surface area contributed by atoms with Crippen LogP contribution in [0.3, 0.4) is 0 Å². The Kier molecular flexibility index (Phi) is 3.61. The van der Waals surface area contributed by atoms with Crippen LogP contribution in [0.5, 0.6) is 0 Å². The monoisotopic (exact) mass is 260 g/mol. The lowest BCUT2D eigenvalue weighted by Crippen LogP contribution is -2.33. The van der Waals surface area contributed by atoms with E-state index in [2.05, 4.69) is 10.3 Å². The van der Waals surface area contributed by atoms with Crippen molar-refractivity contribution in [2.45, 2.75) is 13.0 Å². The predicted octanol–water partition coefficient (Wildman–Crippen LogP) is 1.54. The van der Waals surface area contributed by atoms with Gasteiger partial charge in [-0.25, -0.2) is 9.78 Å². The maximum Gasteiger partial charge on any atom is 0.330 e. The van der Waals surface area contributed by atoms with Crippen molar-refractivity contribution in [2.24, 2.45) is 0 Å². The molecule has 0 saturated heterocycles. The molecule has 2 N–H and O–H groups in total. The molecule has 6 heteroatoms. The fraction of sp³-hybridized carbons (Fsp3) is 0.154. The third-order valence-electron chi connectivity index (χ3n) is 2.47. The van der Waals surface area contributed by atoms with Gasteiger partial charge in [-0.2, -0.15) is 0 Å². The minimum absolute atomic E-state index is 0.153. The van der Waals surface area contributed by atoms with Crippen molar-refractivity contribution in [2.75, 3.05) is 0 Å². The van der Waals surface area contributed by atoms with Crippen LogP contribution in [-0.4, -0.2) is 22.0 Å². The Bertz CT molecular complexity index is 592. The van der Waals surface area contributed by atoms with Gasteiger partial charge in [0, 0.05) is 0 Å². The number of hydrogen-bond donors (Lipinski definition) is 2. The summed E-state index contributed by atoms with van der Waals surface area (Å²) in [6.45, 7) is 1.67. The second-order valence-corrected chi connectivity index (χ2v) is 3.95. The summed E-state index contributed by atoms with van der Waals surface area (Å²) in [5.41, 5.74) is 1.03. The molecule has 2 rings (SSSR count). The molecule has 1 aromatic carbocycles. The summed E-state index contributed by atoms with van der Waals surface area (Å²) in [6, 6.07) is 7.28. The van der Waals surface area contributed by atoms with Gasteiger partial charge in [-0.1, -0.05) is 30.3 Å². The molecule has 0 saturated carbocycles. The molecule has 0 bridgehead atoms. The minimum Gasteiger partial charge on any atom is -0.479 e. The van der Waals surface area contributed by atoms with Crippen LogP contribution in [0.15, 0.2) is 41.0 Å². The second-order valence-electron chi connectivity index (χ2n) is 3.95. The van der Waals surface area contributed by atoms with Crippen LogP contribution in [0, 0.1) is 6.92 Å². The summed E-state index contributed by atoms with van der Waals surface area (Å²) in [4.78, 5) is 26.9. The van der Waals surface area contributed by atoms with Crippen molar-refractivity contribution in [3.8, 4) is 0 Å². The number of carboxylic acid groups (broad SMARTS) is 1. The molecule has 0 spiro atoms. The highest BCUT2D eigenvalue weighted by molar-refractivity contribution is 5.93. The molecular weight excluding hydrogens is 248 g/mol. The summed E-state index contributed by atoms with van der Waals surface area (Å²) in [7, 11) is 0. The summed E-state index contributed by atoms with van der Waals surface area (Å²) in [6.07, 6.45) is 1.33. The van der Waals surface area contributed by atoms with Gasteiger partial charge in [-0.05, 0) is 12.5 Å². The molecule has 19 heavy (non-hydrogen) atoms. The average molecular weight is 260 g/mol. The third kappa shape index (κ3) is 2.98. The number of nitrogens with zero attached hydrogens (tertiary/aromatic N) is 1. The zero-order chi connectivity index (χ0) is 13.8. The van der Waals surface area contributed by atoms with Gasteiger partial charge in [-0.3, -0.25) is 4.79 Å². The lowest BCUT2D eigenvalue weighted by molar-refractivity contribution is -0.139. The Morgan fingerprint density at radius 3 is 2.53 bits per heavy atom. The molecular formula is C13H12N2O4. The maximum absolute atomic E-state index is 11.8. The SMILES string of the molecule is Cc1coc(C(=O)NC(C(=O)O)c2ccccc2)n1. The molecule has 98 valence electrons. The van der Waals surface area contributed by atoms with E-state index < -0.39 is 17.9 Å². The van der Waals surface area contributed by atoms with E-state index in [4.69, 9.17) is 9.52 Å². The molecule has 6 nitrogen and oxygen atoms in total. The number of carboxylic acids is 1. The Morgan fingerprint density at radius 1 is 1.32 bits per heavy atom. The molecule has 1 aromatic heterocycles. The van der Waals surface area contributed by atoms with Gasteiger partial charge >= 0.3 is 11.9 Å². The number of benzene rings is 1. The van der Waals surface area contributed by atoms with Gasteiger partial charge < -0.3 is 14.8 Å². The minimum atomic E-state index is -1.15. The van der Waals surface area contributed by atoms with E-state index in [9.17, 15) is 9.59 Å². The number of aromatic nitrogens is 1. The molecule has 1 unspecified atom stereocenters. The largest absolute Gasteiger partial charge is 0.479 e. The Labute approximate surface area is 109 Å². The second kappa shape index (κ2) is 5.34. The first-order valence-corrected chi connectivity index (χ1v) is 5.58. The van der Waals surface area contributed by atoms with Crippen LogP contribution < -0.4 is 5.32 Å². The average Bonchev–Trinajstić information content (AvgIpc) is 2.83. The van der Waals surface area contributed by atoms with E-state index in [0.29, 0.717) is 11.3 Å². The highest BCUT2D eigenvalue weighted by atomic mass is 16.4. The molecule has 0 radical (unpaired) electrons. The smallest absolute Gasteiger partial charge is 0.330 e. The van der Waals surface area contributed by atoms with Crippen LogP contribution in [0.2, 0.25) is 0 Å². The van der Waals surface area contributed by atoms with E-state index >= 15 is 0 Å². The Hall–Kier alpha value is -2.63. The molecule has 1 heterocycles. The number of rotatable bonds is 4. The molecule has 0 aliphatic carbocycles. The zero-order valence-corrected chi connectivity index (χ0v) is 10.2. The van der Waals surface area contributed by atoms with Crippen LogP contribution in [-0.2, 0) is 4.79 Å². The summed E-state index contributed by atoms with van der Waals surface area (Å²) in [5.74, 6) is -1.97. The van der Waals surface area contributed by atoms with Crippen LogP contribution >= 0.6 is 0 Å². The topological polar surface area (TPSA) is 92.4 Å². The molecule has 0 aliphatic heterocycles. The highest BCUT2D eigenvalue weighted by Gasteiger charge is 2.24. The number of nitrogens with one attached hydrogen (secondary N) is 1. The zero-order valence-electron chi connectivity index (χ0n) is 10.2. The van der Waals surface area contributed by atoms with Crippen molar-refractivity contribution < 1.29 is 19.1 Å². The molecule has 1 atom stereocenters. The Balaban J connectivity index is 2.18. The van der Waals surface area contributed by atoms with Gasteiger partial charge in [0.15, 0.2) is 6.04 Å². The van der Waals surface area contributed by atoms with Crippen molar-refractivity contribution in [3.63, 3.8) is 0 Å². The van der Waals surface area contributed by atoms with E-state index in [0.717, 1.165) is 0 Å². The lowest BCUT2D eigenvalue weighted by Gasteiger charge is -2.13. The number of amides is 1. The maximum atomic E-state index is 11.8.